The van der Waals surface area contributed by atoms with Gasteiger partial charge < -0.3 is 38.1 Å². The normalized spacial score (nSPS) is 23.5. The largest absolute Gasteiger partial charge is 0.494 e. The molecule has 3 aliphatic heterocycles. The summed E-state index contributed by atoms with van der Waals surface area (Å²) in [4.78, 5) is 0. The van der Waals surface area contributed by atoms with Crippen molar-refractivity contribution in [3.8, 4) is 0 Å². The summed E-state index contributed by atoms with van der Waals surface area (Å²) in [7, 11) is -1.28. The molecule has 2 aromatic rings. The molecule has 0 aromatic heterocycles. The quantitative estimate of drug-likeness (QED) is 0.401. The van der Waals surface area contributed by atoms with Gasteiger partial charge in [0.2, 0.25) is 0 Å². The minimum absolute atomic E-state index is 0.0592. The molecule has 242 valence electrons. The molecule has 0 aliphatic carbocycles. The highest BCUT2D eigenvalue weighted by Gasteiger charge is 2.63. The summed E-state index contributed by atoms with van der Waals surface area (Å²) < 4.78 is 36.8. The number of hydrogen-bond acceptors (Lipinski definition) is 8. The van der Waals surface area contributed by atoms with Crippen LogP contribution < -0.4 is 5.46 Å². The molecular weight excluding hydrogens is 625 g/mol. The number of aliphatic hydroxyl groups excluding tert-OH is 2. The molecule has 5 rings (SSSR count). The van der Waals surface area contributed by atoms with Gasteiger partial charge in [-0.25, -0.2) is 0 Å². The highest BCUT2D eigenvalue weighted by atomic mass is 79.9. The van der Waals surface area contributed by atoms with Crippen LogP contribution in [0.15, 0.2) is 53.0 Å². The number of benzene rings is 2. The smallest absolute Gasteiger partial charge is 0.405 e. The fourth-order valence-electron chi connectivity index (χ4n) is 4.35. The van der Waals surface area contributed by atoms with Crippen molar-refractivity contribution >= 4 is 42.5 Å². The molecule has 12 heteroatoms. The van der Waals surface area contributed by atoms with Crippen molar-refractivity contribution in [2.45, 2.75) is 130 Å². The maximum absolute atomic E-state index is 9.00. The van der Waals surface area contributed by atoms with Crippen LogP contribution in [-0.4, -0.2) is 65.0 Å². The van der Waals surface area contributed by atoms with E-state index in [1.165, 1.54) is 0 Å². The highest BCUT2D eigenvalue weighted by Crippen LogP contribution is 2.43. The van der Waals surface area contributed by atoms with Crippen LogP contribution in [0.4, 0.5) is 0 Å². The van der Waals surface area contributed by atoms with Crippen LogP contribution in [0, 0.1) is 0 Å². The third-order valence-corrected chi connectivity index (χ3v) is 10.1. The molecule has 2 aromatic carbocycles. The zero-order valence-electron chi connectivity index (χ0n) is 28.5. The minimum Gasteiger partial charge on any atom is -0.405 e. The molecule has 0 spiro atoms. The predicted octanol–water partition coefficient (Wildman–Crippen LogP) is 5.67. The molecule has 3 heterocycles. The van der Waals surface area contributed by atoms with E-state index in [4.69, 9.17) is 38.1 Å². The number of rotatable bonds is 4. The average molecular weight is 675 g/mol. The summed E-state index contributed by atoms with van der Waals surface area (Å²) in [6, 6.07) is 15.2. The van der Waals surface area contributed by atoms with Gasteiger partial charge in [-0.3, -0.25) is 0 Å². The van der Waals surface area contributed by atoms with Gasteiger partial charge in [-0.15, -0.1) is 0 Å². The summed E-state index contributed by atoms with van der Waals surface area (Å²) in [5.41, 5.74) is 0.760. The van der Waals surface area contributed by atoms with Gasteiger partial charge in [-0.05, 0) is 112 Å². The first-order chi connectivity index (χ1) is 20.1. The fraction of sp³-hybridized carbons (Fsp3) is 0.625. The maximum atomic E-state index is 9.00. The van der Waals surface area contributed by atoms with Gasteiger partial charge in [0.05, 0.1) is 46.8 Å². The second-order valence-corrected chi connectivity index (χ2v) is 15.4. The van der Waals surface area contributed by atoms with Gasteiger partial charge in [0, 0.05) is 4.47 Å². The molecule has 3 aliphatic rings. The lowest BCUT2D eigenvalue weighted by molar-refractivity contribution is 0.00578. The molecule has 0 atom stereocenters. The number of aliphatic hydroxyl groups is 2. The molecule has 44 heavy (non-hydrogen) atoms. The Kier molecular flexibility index (Phi) is 11.4. The lowest BCUT2D eigenvalue weighted by atomic mass is 9.49. The first kappa shape index (κ1) is 37.3. The van der Waals surface area contributed by atoms with Gasteiger partial charge in [0.15, 0.2) is 0 Å². The van der Waals surface area contributed by atoms with E-state index >= 15 is 0 Å². The van der Waals surface area contributed by atoms with E-state index in [1.807, 2.05) is 132 Å². The molecule has 3 fully saturated rings. The van der Waals surface area contributed by atoms with Crippen molar-refractivity contribution in [2.24, 2.45) is 0 Å². The molecule has 0 amide bonds. The second kappa shape index (κ2) is 13.5. The highest BCUT2D eigenvalue weighted by molar-refractivity contribution is 9.10. The van der Waals surface area contributed by atoms with Gasteiger partial charge in [0.25, 0.3) is 0 Å². The van der Waals surface area contributed by atoms with Gasteiger partial charge in [0.1, 0.15) is 0 Å². The van der Waals surface area contributed by atoms with Crippen molar-refractivity contribution in [2.75, 3.05) is 0 Å². The SMILES string of the molecule is CC1(C)OB(B2OC(C)(C)C(C)(C)O2)OC1(C)C.CC1(C)OB(c2ccc(CO)cc2)OC1(C)C.OCc1ccc(Br)cc1. The molecule has 3 saturated heterocycles. The van der Waals surface area contributed by atoms with Crippen LogP contribution in [0.2, 0.25) is 0 Å². The van der Waals surface area contributed by atoms with Crippen molar-refractivity contribution in [1.29, 1.82) is 0 Å². The topological polar surface area (TPSA) is 95.8 Å². The van der Waals surface area contributed by atoms with Gasteiger partial charge in [-0.2, -0.15) is 0 Å². The van der Waals surface area contributed by atoms with Crippen LogP contribution in [-0.2, 0) is 41.1 Å². The predicted molar refractivity (Wildman–Crippen MR) is 180 cm³/mol. The van der Waals surface area contributed by atoms with Crippen molar-refractivity contribution in [3.05, 3.63) is 64.1 Å². The Morgan fingerprint density at radius 3 is 1.05 bits per heavy atom. The summed E-state index contributed by atoms with van der Waals surface area (Å²) in [6.45, 7) is 24.5. The van der Waals surface area contributed by atoms with Gasteiger partial charge in [-0.1, -0.05) is 52.3 Å². The molecule has 0 bridgehead atoms. The van der Waals surface area contributed by atoms with E-state index in [9.17, 15) is 0 Å². The van der Waals surface area contributed by atoms with Crippen molar-refractivity contribution < 1.29 is 38.1 Å². The van der Waals surface area contributed by atoms with E-state index in [0.717, 1.165) is 21.1 Å². The Labute approximate surface area is 274 Å². The standard InChI is InChI=1S/C13H19BO3.C12H24B2O4.C7H7BrO/c1-12(2)13(3,4)17-14(16-12)11-7-5-10(9-15)6-8-11;1-9(2)10(3,4)16-13(15-9)14-17-11(5,6)12(7,8)18-14;8-7-3-1-6(5-9)2-4-7/h5-8,15H,9H2,1-4H3;1-8H3;1-4,9H,5H2. The van der Waals surface area contributed by atoms with E-state index in [0.29, 0.717) is 0 Å². The Bertz CT molecular complexity index is 1150. The molecule has 2 N–H and O–H groups in total. The lowest BCUT2D eigenvalue weighted by Crippen LogP contribution is -2.41. The average Bonchev–Trinajstić information content (AvgIpc) is 3.39. The van der Waals surface area contributed by atoms with E-state index in [-0.39, 0.29) is 53.9 Å². The van der Waals surface area contributed by atoms with Crippen LogP contribution in [0.25, 0.3) is 0 Å². The Hall–Kier alpha value is -1.21. The maximum Gasteiger partial charge on any atom is 0.494 e. The summed E-state index contributed by atoms with van der Waals surface area (Å²) in [6.07, 6.45) is 0. The molecule has 0 unspecified atom stereocenters. The van der Waals surface area contributed by atoms with Crippen molar-refractivity contribution in [3.63, 3.8) is 0 Å². The molecular formula is C32H50B3BrO8. The van der Waals surface area contributed by atoms with Crippen LogP contribution >= 0.6 is 15.9 Å². The monoisotopic (exact) mass is 674 g/mol. The third-order valence-electron chi connectivity index (χ3n) is 9.55. The minimum atomic E-state index is -0.476. The summed E-state index contributed by atoms with van der Waals surface area (Å²) >= 11 is 3.29. The molecule has 0 saturated carbocycles. The van der Waals surface area contributed by atoms with Gasteiger partial charge >= 0.3 is 21.1 Å². The molecule has 0 radical (unpaired) electrons. The zero-order valence-corrected chi connectivity index (χ0v) is 30.1. The third kappa shape index (κ3) is 8.38. The van der Waals surface area contributed by atoms with Crippen LogP contribution in [0.5, 0.6) is 0 Å². The second-order valence-electron chi connectivity index (χ2n) is 14.5. The zero-order chi connectivity index (χ0) is 33.4. The Morgan fingerprint density at radius 2 is 0.750 bits per heavy atom. The Morgan fingerprint density at radius 1 is 0.477 bits per heavy atom. The number of hydrogen-bond donors (Lipinski definition) is 2. The van der Waals surface area contributed by atoms with Crippen LogP contribution in [0.1, 0.15) is 94.2 Å². The van der Waals surface area contributed by atoms with Crippen LogP contribution in [0.3, 0.4) is 0 Å². The number of halogens is 1. The van der Waals surface area contributed by atoms with E-state index < -0.39 is 14.0 Å². The first-order valence-electron chi connectivity index (χ1n) is 15.2. The first-order valence-corrected chi connectivity index (χ1v) is 16.0. The fourth-order valence-corrected chi connectivity index (χ4v) is 4.61. The molecule has 8 nitrogen and oxygen atoms in total. The summed E-state index contributed by atoms with van der Waals surface area (Å²) in [5, 5.41) is 17.6. The van der Waals surface area contributed by atoms with E-state index in [1.54, 1.807) is 0 Å². The van der Waals surface area contributed by atoms with E-state index in [2.05, 4.69) is 15.9 Å². The summed E-state index contributed by atoms with van der Waals surface area (Å²) in [5.74, 6) is 0. The Balaban J connectivity index is 0.000000190. The lowest BCUT2D eigenvalue weighted by Gasteiger charge is -2.32. The van der Waals surface area contributed by atoms with Crippen molar-refractivity contribution in [1.82, 2.24) is 0 Å².